The first-order chi connectivity index (χ1) is 13.2. The summed E-state index contributed by atoms with van der Waals surface area (Å²) in [6.45, 7) is 4.91. The Bertz CT molecular complexity index is 736. The van der Waals surface area contributed by atoms with Crippen molar-refractivity contribution in [2.24, 2.45) is 5.41 Å². The van der Waals surface area contributed by atoms with Gasteiger partial charge in [-0.3, -0.25) is 9.69 Å². The zero-order chi connectivity index (χ0) is 19.1. The molecule has 0 radical (unpaired) electrons. The van der Waals surface area contributed by atoms with Crippen molar-refractivity contribution in [2.75, 3.05) is 26.8 Å². The highest BCUT2D eigenvalue weighted by Crippen LogP contribution is 2.37. The van der Waals surface area contributed by atoms with E-state index in [0.717, 1.165) is 44.6 Å². The molecule has 1 aliphatic heterocycles. The fraction of sp³-hybridized carbons (Fsp3) is 0.435. The Hall–Kier alpha value is -2.33. The fourth-order valence-corrected chi connectivity index (χ4v) is 3.94. The van der Waals surface area contributed by atoms with Gasteiger partial charge in [0.1, 0.15) is 5.75 Å². The molecule has 2 aromatic rings. The van der Waals surface area contributed by atoms with Gasteiger partial charge in [0.15, 0.2) is 0 Å². The van der Waals surface area contributed by atoms with Crippen LogP contribution in [0.25, 0.3) is 0 Å². The number of likely N-dealkylation sites (tertiary alicyclic amines) is 1. The maximum absolute atomic E-state index is 12.8. The van der Waals surface area contributed by atoms with Gasteiger partial charge in [0.25, 0.3) is 0 Å². The number of para-hydroxylation sites is 1. The van der Waals surface area contributed by atoms with Crippen LogP contribution in [-0.4, -0.2) is 37.7 Å². The molecule has 3 rings (SSSR count). The van der Waals surface area contributed by atoms with Crippen molar-refractivity contribution in [2.45, 2.75) is 32.7 Å². The summed E-state index contributed by atoms with van der Waals surface area (Å²) >= 11 is 0. The first kappa shape index (κ1) is 19.4. The summed E-state index contributed by atoms with van der Waals surface area (Å²) in [5.41, 5.74) is 1.96. The van der Waals surface area contributed by atoms with E-state index in [1.165, 1.54) is 11.1 Å². The summed E-state index contributed by atoms with van der Waals surface area (Å²) in [7, 11) is 1.71. The van der Waals surface area contributed by atoms with Gasteiger partial charge in [0.05, 0.1) is 19.1 Å². The summed E-state index contributed by atoms with van der Waals surface area (Å²) in [6.07, 6.45) is 2.38. The third-order valence-electron chi connectivity index (χ3n) is 5.49. The molecule has 2 aromatic carbocycles. The Morgan fingerprint density at radius 2 is 1.70 bits per heavy atom. The minimum atomic E-state index is -0.422. The van der Waals surface area contributed by atoms with E-state index in [9.17, 15) is 4.79 Å². The molecule has 0 aliphatic carbocycles. The highest BCUT2D eigenvalue weighted by molar-refractivity contribution is 5.77. The molecule has 0 unspecified atom stereocenters. The molecule has 0 atom stereocenters. The summed E-state index contributed by atoms with van der Waals surface area (Å²) in [5, 5.41) is 0. The molecule has 1 aliphatic rings. The summed E-state index contributed by atoms with van der Waals surface area (Å²) in [5.74, 6) is 0.870. The maximum Gasteiger partial charge on any atom is 0.312 e. The summed E-state index contributed by atoms with van der Waals surface area (Å²) in [6, 6.07) is 18.4. The Morgan fingerprint density at radius 1 is 1.04 bits per heavy atom. The van der Waals surface area contributed by atoms with E-state index in [2.05, 4.69) is 23.1 Å². The number of esters is 1. The second-order valence-electron chi connectivity index (χ2n) is 7.25. The van der Waals surface area contributed by atoms with Crippen LogP contribution in [0.1, 0.15) is 30.9 Å². The number of hydrogen-bond donors (Lipinski definition) is 0. The highest BCUT2D eigenvalue weighted by atomic mass is 16.5. The lowest BCUT2D eigenvalue weighted by molar-refractivity contribution is -0.158. The molecule has 4 nitrogen and oxygen atoms in total. The highest BCUT2D eigenvalue weighted by Gasteiger charge is 2.42. The number of piperidine rings is 1. The molecule has 144 valence electrons. The van der Waals surface area contributed by atoms with Crippen LogP contribution in [0.3, 0.4) is 0 Å². The van der Waals surface area contributed by atoms with Gasteiger partial charge in [-0.1, -0.05) is 48.5 Å². The van der Waals surface area contributed by atoms with Crippen LogP contribution in [0.15, 0.2) is 54.6 Å². The van der Waals surface area contributed by atoms with Crippen molar-refractivity contribution in [1.29, 1.82) is 0 Å². The monoisotopic (exact) mass is 367 g/mol. The predicted octanol–water partition coefficient (Wildman–Crippen LogP) is 4.08. The van der Waals surface area contributed by atoms with E-state index >= 15 is 0 Å². The maximum atomic E-state index is 12.8. The third-order valence-corrected chi connectivity index (χ3v) is 5.49. The van der Waals surface area contributed by atoms with Crippen molar-refractivity contribution in [1.82, 2.24) is 4.90 Å². The minimum absolute atomic E-state index is 0.0502. The van der Waals surface area contributed by atoms with E-state index in [1.807, 2.05) is 43.3 Å². The molecule has 1 saturated heterocycles. The van der Waals surface area contributed by atoms with Crippen LogP contribution in [-0.2, 0) is 22.5 Å². The third kappa shape index (κ3) is 4.69. The van der Waals surface area contributed by atoms with Crippen molar-refractivity contribution >= 4 is 5.97 Å². The van der Waals surface area contributed by atoms with Gasteiger partial charge in [0.2, 0.25) is 0 Å². The lowest BCUT2D eigenvalue weighted by atomic mass is 9.73. The van der Waals surface area contributed by atoms with Crippen molar-refractivity contribution in [3.05, 3.63) is 65.7 Å². The van der Waals surface area contributed by atoms with Crippen molar-refractivity contribution in [3.8, 4) is 5.75 Å². The molecular weight excluding hydrogens is 338 g/mol. The summed E-state index contributed by atoms with van der Waals surface area (Å²) < 4.78 is 10.9. The Labute approximate surface area is 162 Å². The first-order valence-corrected chi connectivity index (χ1v) is 9.72. The van der Waals surface area contributed by atoms with Gasteiger partial charge in [-0.2, -0.15) is 0 Å². The molecule has 1 heterocycles. The standard InChI is InChI=1S/C23H29NO3/c1-3-27-22(25)23(17-19-9-5-4-6-10-19)13-15-24(16-14-23)18-20-11-7-8-12-21(20)26-2/h4-12H,3,13-18H2,1-2H3. The van der Waals surface area contributed by atoms with E-state index in [4.69, 9.17) is 9.47 Å². The van der Waals surface area contributed by atoms with Gasteiger partial charge in [-0.15, -0.1) is 0 Å². The van der Waals surface area contributed by atoms with E-state index in [0.29, 0.717) is 6.61 Å². The number of nitrogens with zero attached hydrogens (tertiary/aromatic N) is 1. The number of rotatable bonds is 7. The Balaban J connectivity index is 1.70. The number of carbonyl (C=O) groups excluding carboxylic acids is 1. The van der Waals surface area contributed by atoms with Crippen molar-refractivity contribution in [3.63, 3.8) is 0 Å². The SMILES string of the molecule is CCOC(=O)C1(Cc2ccccc2)CCN(Cc2ccccc2OC)CC1. The molecule has 4 heteroatoms. The molecule has 0 bridgehead atoms. The average molecular weight is 367 g/mol. The quantitative estimate of drug-likeness (QED) is 0.691. The Morgan fingerprint density at radius 3 is 2.37 bits per heavy atom. The van der Waals surface area contributed by atoms with Crippen molar-refractivity contribution < 1.29 is 14.3 Å². The number of ether oxygens (including phenoxy) is 2. The molecule has 0 saturated carbocycles. The average Bonchev–Trinajstić information content (AvgIpc) is 2.71. The predicted molar refractivity (Wildman–Crippen MR) is 107 cm³/mol. The fourth-order valence-electron chi connectivity index (χ4n) is 3.94. The zero-order valence-corrected chi connectivity index (χ0v) is 16.3. The lowest BCUT2D eigenvalue weighted by Gasteiger charge is -2.40. The lowest BCUT2D eigenvalue weighted by Crippen LogP contribution is -2.46. The molecule has 1 fully saturated rings. The smallest absolute Gasteiger partial charge is 0.312 e. The number of methoxy groups -OCH3 is 1. The Kier molecular flexibility index (Phi) is 6.51. The van der Waals surface area contributed by atoms with E-state index < -0.39 is 5.41 Å². The first-order valence-electron chi connectivity index (χ1n) is 9.72. The molecular formula is C23H29NO3. The van der Waals surface area contributed by atoms with Gasteiger partial charge in [-0.05, 0) is 50.9 Å². The van der Waals surface area contributed by atoms with Gasteiger partial charge in [-0.25, -0.2) is 0 Å². The van der Waals surface area contributed by atoms with Crippen LogP contribution in [0.2, 0.25) is 0 Å². The minimum Gasteiger partial charge on any atom is -0.496 e. The molecule has 0 N–H and O–H groups in total. The summed E-state index contributed by atoms with van der Waals surface area (Å²) in [4.78, 5) is 15.2. The second-order valence-corrected chi connectivity index (χ2v) is 7.25. The van der Waals surface area contributed by atoms with Crippen LogP contribution >= 0.6 is 0 Å². The largest absolute Gasteiger partial charge is 0.496 e. The van der Waals surface area contributed by atoms with Crippen LogP contribution in [0.5, 0.6) is 5.75 Å². The van der Waals surface area contributed by atoms with E-state index in [-0.39, 0.29) is 5.97 Å². The molecule has 0 spiro atoms. The zero-order valence-electron chi connectivity index (χ0n) is 16.3. The second kappa shape index (κ2) is 9.05. The van der Waals surface area contributed by atoms with Crippen LogP contribution < -0.4 is 4.74 Å². The number of hydrogen-bond acceptors (Lipinski definition) is 4. The van der Waals surface area contributed by atoms with Gasteiger partial charge >= 0.3 is 5.97 Å². The molecule has 0 aromatic heterocycles. The number of benzene rings is 2. The number of carbonyl (C=O) groups is 1. The van der Waals surface area contributed by atoms with Crippen LogP contribution in [0, 0.1) is 5.41 Å². The molecule has 27 heavy (non-hydrogen) atoms. The van der Waals surface area contributed by atoms with Crippen LogP contribution in [0.4, 0.5) is 0 Å². The topological polar surface area (TPSA) is 38.8 Å². The molecule has 0 amide bonds. The van der Waals surface area contributed by atoms with Gasteiger partial charge < -0.3 is 9.47 Å². The van der Waals surface area contributed by atoms with E-state index in [1.54, 1.807) is 7.11 Å². The van der Waals surface area contributed by atoms with Gasteiger partial charge in [0, 0.05) is 12.1 Å². The normalized spacial score (nSPS) is 16.7.